The smallest absolute Gasteiger partial charge is 0.179 e. The Balaban J connectivity index is 2.25. The first-order valence-corrected chi connectivity index (χ1v) is 6.19. The summed E-state index contributed by atoms with van der Waals surface area (Å²) in [5.74, 6) is 0.473. The van der Waals surface area contributed by atoms with Crippen molar-refractivity contribution in [2.24, 2.45) is 0 Å². The molecule has 0 spiro atoms. The third-order valence-electron chi connectivity index (χ3n) is 2.69. The summed E-state index contributed by atoms with van der Waals surface area (Å²) in [7, 11) is 0. The number of halogens is 1. The zero-order valence-corrected chi connectivity index (χ0v) is 11.4. The predicted octanol–water partition coefficient (Wildman–Crippen LogP) is 2.79. The maximum atomic E-state index is 8.94. The van der Waals surface area contributed by atoms with E-state index in [-0.39, 0.29) is 11.4 Å². The lowest BCUT2D eigenvalue weighted by Crippen LogP contribution is -2.07. The van der Waals surface area contributed by atoms with Crippen molar-refractivity contribution < 1.29 is 0 Å². The Morgan fingerprint density at radius 2 is 1.80 bits per heavy atom. The van der Waals surface area contributed by atoms with Gasteiger partial charge in [-0.1, -0.05) is 29.8 Å². The van der Waals surface area contributed by atoms with Gasteiger partial charge in [-0.25, -0.2) is 9.97 Å². The normalized spacial score (nSPS) is 9.60. The van der Waals surface area contributed by atoms with Gasteiger partial charge in [0.2, 0.25) is 0 Å². The highest BCUT2D eigenvalue weighted by atomic mass is 35.5. The van der Waals surface area contributed by atoms with Crippen LogP contribution in [0.15, 0.2) is 24.3 Å². The molecule has 0 unspecified atom stereocenters. The number of hydrogen-bond donors (Lipinski definition) is 1. The molecule has 6 heteroatoms. The fraction of sp³-hybridized carbons (Fsp3) is 0.143. The molecule has 0 aliphatic heterocycles. The second-order valence-corrected chi connectivity index (χ2v) is 4.43. The number of rotatable bonds is 3. The summed E-state index contributed by atoms with van der Waals surface area (Å²) in [4.78, 5) is 8.16. The summed E-state index contributed by atoms with van der Waals surface area (Å²) in [6.45, 7) is 2.19. The highest BCUT2D eigenvalue weighted by Gasteiger charge is 2.10. The second-order valence-electron chi connectivity index (χ2n) is 4.02. The summed E-state index contributed by atoms with van der Waals surface area (Å²) in [6, 6.07) is 11.2. The molecular weight excluding hydrogens is 274 g/mol. The summed E-state index contributed by atoms with van der Waals surface area (Å²) in [5, 5.41) is 21.5. The second kappa shape index (κ2) is 6.01. The van der Waals surface area contributed by atoms with E-state index in [0.717, 1.165) is 5.56 Å². The quantitative estimate of drug-likeness (QED) is 0.936. The van der Waals surface area contributed by atoms with Crippen LogP contribution in [0.1, 0.15) is 22.6 Å². The minimum Gasteiger partial charge on any atom is -0.364 e. The highest BCUT2D eigenvalue weighted by molar-refractivity contribution is 6.31. The van der Waals surface area contributed by atoms with Crippen LogP contribution in [0.4, 0.5) is 5.82 Å². The third kappa shape index (κ3) is 2.85. The number of hydrogen-bond acceptors (Lipinski definition) is 5. The van der Waals surface area contributed by atoms with E-state index in [1.54, 1.807) is 13.0 Å². The minimum atomic E-state index is 0.0137. The predicted molar refractivity (Wildman–Crippen MR) is 75.0 cm³/mol. The molecule has 2 aromatic rings. The molecule has 1 aromatic heterocycles. The average molecular weight is 284 g/mol. The van der Waals surface area contributed by atoms with Crippen molar-refractivity contribution in [2.45, 2.75) is 13.5 Å². The molecule has 20 heavy (non-hydrogen) atoms. The Morgan fingerprint density at radius 3 is 2.45 bits per heavy atom. The number of benzene rings is 1. The number of nitrogens with zero attached hydrogens (tertiary/aromatic N) is 4. The van der Waals surface area contributed by atoms with Crippen LogP contribution in [0.5, 0.6) is 0 Å². The molecule has 1 aromatic carbocycles. The van der Waals surface area contributed by atoms with Gasteiger partial charge in [0.25, 0.3) is 0 Å². The Hall–Kier alpha value is -2.63. The van der Waals surface area contributed by atoms with Crippen LogP contribution in [0.3, 0.4) is 0 Å². The van der Waals surface area contributed by atoms with E-state index >= 15 is 0 Å². The van der Waals surface area contributed by atoms with Crippen LogP contribution in [0.25, 0.3) is 0 Å². The number of nitrogens with one attached hydrogen (secondary N) is 1. The molecule has 0 atom stereocenters. The number of aryl methyl sites for hydroxylation is 1. The van der Waals surface area contributed by atoms with Gasteiger partial charge in [0.1, 0.15) is 18.0 Å². The van der Waals surface area contributed by atoms with Crippen molar-refractivity contribution in [2.75, 3.05) is 5.32 Å². The molecule has 0 radical (unpaired) electrons. The molecular formula is C14H10ClN5. The van der Waals surface area contributed by atoms with Gasteiger partial charge in [-0.15, -0.1) is 0 Å². The largest absolute Gasteiger partial charge is 0.364 e. The molecule has 0 amide bonds. The Morgan fingerprint density at radius 1 is 1.15 bits per heavy atom. The molecule has 0 aliphatic carbocycles. The lowest BCUT2D eigenvalue weighted by atomic mass is 10.2. The molecule has 0 fully saturated rings. The number of nitriles is 2. The van der Waals surface area contributed by atoms with Gasteiger partial charge in [0, 0.05) is 11.6 Å². The average Bonchev–Trinajstić information content (AvgIpc) is 2.47. The van der Waals surface area contributed by atoms with Gasteiger partial charge in [-0.2, -0.15) is 10.5 Å². The Kier molecular flexibility index (Phi) is 4.14. The van der Waals surface area contributed by atoms with E-state index < -0.39 is 0 Å². The first-order chi connectivity index (χ1) is 9.65. The maximum Gasteiger partial charge on any atom is 0.179 e. The maximum absolute atomic E-state index is 8.94. The van der Waals surface area contributed by atoms with Crippen LogP contribution in [-0.2, 0) is 6.54 Å². The Labute approximate surface area is 121 Å². The van der Waals surface area contributed by atoms with Gasteiger partial charge in [-0.05, 0) is 18.6 Å². The van der Waals surface area contributed by atoms with Gasteiger partial charge in [0.05, 0.1) is 5.69 Å². The summed E-state index contributed by atoms with van der Waals surface area (Å²) < 4.78 is 0. The minimum absolute atomic E-state index is 0.0137. The fourth-order valence-electron chi connectivity index (χ4n) is 1.66. The van der Waals surface area contributed by atoms with Crippen LogP contribution in [-0.4, -0.2) is 9.97 Å². The Bertz CT molecular complexity index is 727. The van der Waals surface area contributed by atoms with Crippen LogP contribution in [0, 0.1) is 29.6 Å². The van der Waals surface area contributed by atoms with Crippen LogP contribution < -0.4 is 5.32 Å². The lowest BCUT2D eigenvalue weighted by molar-refractivity contribution is 1.02. The lowest BCUT2D eigenvalue weighted by Gasteiger charge is -2.09. The highest BCUT2D eigenvalue weighted by Crippen LogP contribution is 2.18. The van der Waals surface area contributed by atoms with E-state index in [0.29, 0.717) is 23.1 Å². The SMILES string of the molecule is Cc1nc(C#N)c(C#N)nc1NCc1ccccc1Cl. The number of anilines is 1. The monoisotopic (exact) mass is 283 g/mol. The molecule has 0 bridgehead atoms. The molecule has 5 nitrogen and oxygen atoms in total. The topological polar surface area (TPSA) is 85.4 Å². The van der Waals surface area contributed by atoms with Gasteiger partial charge >= 0.3 is 0 Å². The van der Waals surface area contributed by atoms with Crippen molar-refractivity contribution in [3.63, 3.8) is 0 Å². The van der Waals surface area contributed by atoms with Crippen LogP contribution in [0.2, 0.25) is 5.02 Å². The molecule has 1 heterocycles. The van der Waals surface area contributed by atoms with Crippen molar-refractivity contribution in [3.05, 3.63) is 51.9 Å². The van der Waals surface area contributed by atoms with Crippen molar-refractivity contribution >= 4 is 17.4 Å². The third-order valence-corrected chi connectivity index (χ3v) is 3.05. The van der Waals surface area contributed by atoms with E-state index in [2.05, 4.69) is 15.3 Å². The van der Waals surface area contributed by atoms with Crippen molar-refractivity contribution in [1.29, 1.82) is 10.5 Å². The molecule has 0 aliphatic rings. The zero-order chi connectivity index (χ0) is 14.5. The van der Waals surface area contributed by atoms with E-state index in [1.807, 2.05) is 30.3 Å². The van der Waals surface area contributed by atoms with Gasteiger partial charge in [-0.3, -0.25) is 0 Å². The standard InChI is InChI=1S/C14H10ClN5/c1-9-14(20-13(7-17)12(6-16)19-9)18-8-10-4-2-3-5-11(10)15/h2-5H,8H2,1H3,(H,18,20). The summed E-state index contributed by atoms with van der Waals surface area (Å²) in [5.41, 5.74) is 1.53. The molecule has 98 valence electrons. The molecule has 0 saturated carbocycles. The van der Waals surface area contributed by atoms with Crippen molar-refractivity contribution in [1.82, 2.24) is 9.97 Å². The van der Waals surface area contributed by atoms with Gasteiger partial charge < -0.3 is 5.32 Å². The summed E-state index contributed by atoms with van der Waals surface area (Å²) >= 11 is 6.07. The molecule has 0 saturated heterocycles. The molecule has 2 rings (SSSR count). The van der Waals surface area contributed by atoms with Crippen molar-refractivity contribution in [3.8, 4) is 12.1 Å². The first kappa shape index (κ1) is 13.8. The first-order valence-electron chi connectivity index (χ1n) is 5.82. The van der Waals surface area contributed by atoms with E-state index in [9.17, 15) is 0 Å². The van der Waals surface area contributed by atoms with E-state index in [4.69, 9.17) is 22.1 Å². The summed E-state index contributed by atoms with van der Waals surface area (Å²) in [6.07, 6.45) is 0. The number of aromatic nitrogens is 2. The fourth-order valence-corrected chi connectivity index (χ4v) is 1.87. The van der Waals surface area contributed by atoms with E-state index in [1.165, 1.54) is 0 Å². The molecule has 1 N–H and O–H groups in total. The van der Waals surface area contributed by atoms with Crippen LogP contribution >= 0.6 is 11.6 Å². The van der Waals surface area contributed by atoms with Gasteiger partial charge in [0.15, 0.2) is 11.4 Å². The zero-order valence-electron chi connectivity index (χ0n) is 10.7.